The van der Waals surface area contributed by atoms with E-state index in [2.05, 4.69) is 9.97 Å². The van der Waals surface area contributed by atoms with Crippen LogP contribution in [0.4, 0.5) is 4.39 Å². The van der Waals surface area contributed by atoms with Gasteiger partial charge in [0.25, 0.3) is 0 Å². The quantitative estimate of drug-likeness (QED) is 0.904. The van der Waals surface area contributed by atoms with Gasteiger partial charge in [0.05, 0.1) is 29.9 Å². The van der Waals surface area contributed by atoms with Gasteiger partial charge in [0.15, 0.2) is 5.82 Å². The highest BCUT2D eigenvalue weighted by Gasteiger charge is 2.37. The molecule has 1 aromatic rings. The van der Waals surface area contributed by atoms with Crippen LogP contribution in [-0.4, -0.2) is 35.8 Å². The third-order valence-electron chi connectivity index (χ3n) is 3.56. The first-order chi connectivity index (χ1) is 9.75. The highest BCUT2D eigenvalue weighted by Crippen LogP contribution is 2.35. The standard InChI is InChI=1S/C13H20FN3O3S/c1-8(2)20-11-3-9(4-12(5-11)21(15,18)19)13-16-6-10(14)7-17-13/h6-9,11-12H,3-5H2,1-2H3,(H2,15,18,19)/t9?,11-,12+/m1/s1. The molecule has 1 unspecified atom stereocenters. The van der Waals surface area contributed by atoms with Crippen LogP contribution in [0.5, 0.6) is 0 Å². The van der Waals surface area contributed by atoms with Gasteiger partial charge in [-0.05, 0) is 33.1 Å². The van der Waals surface area contributed by atoms with Crippen LogP contribution in [0.2, 0.25) is 0 Å². The summed E-state index contributed by atoms with van der Waals surface area (Å²) in [6.45, 7) is 3.79. The number of nitrogens with zero attached hydrogens (tertiary/aromatic N) is 2. The third-order valence-corrected chi connectivity index (χ3v) is 4.87. The molecule has 2 rings (SSSR count). The first-order valence-electron chi connectivity index (χ1n) is 6.90. The van der Waals surface area contributed by atoms with Crippen LogP contribution in [0.1, 0.15) is 44.9 Å². The Bertz CT molecular complexity index is 577. The zero-order chi connectivity index (χ0) is 15.6. The summed E-state index contributed by atoms with van der Waals surface area (Å²) < 4.78 is 42.0. The van der Waals surface area contributed by atoms with Crippen molar-refractivity contribution in [3.05, 3.63) is 24.0 Å². The van der Waals surface area contributed by atoms with E-state index < -0.39 is 21.1 Å². The number of hydrogen-bond acceptors (Lipinski definition) is 5. The number of aromatic nitrogens is 2. The van der Waals surface area contributed by atoms with E-state index in [-0.39, 0.29) is 18.1 Å². The number of hydrogen-bond donors (Lipinski definition) is 1. The molecule has 0 bridgehead atoms. The van der Waals surface area contributed by atoms with Gasteiger partial charge in [-0.3, -0.25) is 0 Å². The Morgan fingerprint density at radius 3 is 2.43 bits per heavy atom. The Balaban J connectivity index is 2.21. The number of nitrogens with two attached hydrogens (primary N) is 1. The number of halogens is 1. The molecule has 1 heterocycles. The van der Waals surface area contributed by atoms with Gasteiger partial charge in [0.2, 0.25) is 10.0 Å². The fourth-order valence-corrected chi connectivity index (χ4v) is 3.71. The molecule has 1 fully saturated rings. The highest BCUT2D eigenvalue weighted by atomic mass is 32.2. The van der Waals surface area contributed by atoms with E-state index in [4.69, 9.17) is 9.88 Å². The maximum Gasteiger partial charge on any atom is 0.212 e. The van der Waals surface area contributed by atoms with Crippen molar-refractivity contribution in [1.29, 1.82) is 0 Å². The predicted octanol–water partition coefficient (Wildman–Crippen LogP) is 1.33. The van der Waals surface area contributed by atoms with E-state index in [1.165, 1.54) is 0 Å². The van der Waals surface area contributed by atoms with E-state index in [0.717, 1.165) is 12.4 Å². The van der Waals surface area contributed by atoms with Crippen molar-refractivity contribution in [2.24, 2.45) is 5.14 Å². The lowest BCUT2D eigenvalue weighted by atomic mass is 9.86. The zero-order valence-corrected chi connectivity index (χ0v) is 12.9. The minimum atomic E-state index is -3.65. The largest absolute Gasteiger partial charge is 0.375 e. The van der Waals surface area contributed by atoms with Gasteiger partial charge in [0, 0.05) is 5.92 Å². The van der Waals surface area contributed by atoms with E-state index in [0.29, 0.717) is 25.1 Å². The monoisotopic (exact) mass is 317 g/mol. The van der Waals surface area contributed by atoms with Crippen LogP contribution < -0.4 is 5.14 Å². The van der Waals surface area contributed by atoms with Crippen molar-refractivity contribution in [2.45, 2.75) is 56.5 Å². The van der Waals surface area contributed by atoms with Gasteiger partial charge < -0.3 is 4.74 Å². The molecule has 8 heteroatoms. The smallest absolute Gasteiger partial charge is 0.212 e. The van der Waals surface area contributed by atoms with Crippen LogP contribution in [0, 0.1) is 5.82 Å². The van der Waals surface area contributed by atoms with Crippen molar-refractivity contribution in [2.75, 3.05) is 0 Å². The number of rotatable bonds is 4. The van der Waals surface area contributed by atoms with Crippen molar-refractivity contribution in [3.63, 3.8) is 0 Å². The van der Waals surface area contributed by atoms with Crippen LogP contribution in [-0.2, 0) is 14.8 Å². The maximum atomic E-state index is 12.9. The molecule has 0 spiro atoms. The van der Waals surface area contributed by atoms with Crippen LogP contribution >= 0.6 is 0 Å². The SMILES string of the molecule is CC(C)O[C@@H]1CC(c2ncc(F)cn2)C[C@H](S(N)(=O)=O)C1. The first-order valence-corrected chi connectivity index (χ1v) is 8.51. The molecule has 3 atom stereocenters. The topological polar surface area (TPSA) is 95.2 Å². The minimum absolute atomic E-state index is 0.0102. The van der Waals surface area contributed by atoms with Gasteiger partial charge in [0.1, 0.15) is 5.82 Å². The van der Waals surface area contributed by atoms with Crippen LogP contribution in [0.15, 0.2) is 12.4 Å². The van der Waals surface area contributed by atoms with E-state index in [9.17, 15) is 12.8 Å². The fourth-order valence-electron chi connectivity index (χ4n) is 2.72. The Labute approximate surface area is 124 Å². The molecule has 1 aliphatic carbocycles. The Morgan fingerprint density at radius 2 is 1.90 bits per heavy atom. The van der Waals surface area contributed by atoms with Crippen molar-refractivity contribution < 1.29 is 17.5 Å². The first kappa shape index (κ1) is 16.3. The van der Waals surface area contributed by atoms with Gasteiger partial charge in [-0.1, -0.05) is 0 Å². The summed E-state index contributed by atoms with van der Waals surface area (Å²) in [5.74, 6) is -0.291. The fraction of sp³-hybridized carbons (Fsp3) is 0.692. The van der Waals surface area contributed by atoms with Gasteiger partial charge in [-0.2, -0.15) is 0 Å². The van der Waals surface area contributed by atoms with Crippen LogP contribution in [0.3, 0.4) is 0 Å². The second kappa shape index (κ2) is 6.33. The Morgan fingerprint density at radius 1 is 1.29 bits per heavy atom. The lowest BCUT2D eigenvalue weighted by Gasteiger charge is -2.33. The van der Waals surface area contributed by atoms with Gasteiger partial charge >= 0.3 is 0 Å². The summed E-state index contributed by atoms with van der Waals surface area (Å²) in [5, 5.41) is 4.60. The summed E-state index contributed by atoms with van der Waals surface area (Å²) in [6.07, 6.45) is 3.25. The minimum Gasteiger partial charge on any atom is -0.375 e. The average molecular weight is 317 g/mol. The molecule has 0 saturated heterocycles. The lowest BCUT2D eigenvalue weighted by molar-refractivity contribution is -0.0160. The van der Waals surface area contributed by atoms with Crippen LogP contribution in [0.25, 0.3) is 0 Å². The van der Waals surface area contributed by atoms with Gasteiger partial charge in [-0.25, -0.2) is 27.9 Å². The molecule has 0 aromatic carbocycles. The van der Waals surface area contributed by atoms with Crippen molar-refractivity contribution >= 4 is 10.0 Å². The third kappa shape index (κ3) is 4.42. The summed E-state index contributed by atoms with van der Waals surface area (Å²) >= 11 is 0. The van der Waals surface area contributed by atoms with Crippen molar-refractivity contribution in [1.82, 2.24) is 9.97 Å². The molecule has 118 valence electrons. The molecular formula is C13H20FN3O3S. The Hall–Kier alpha value is -1.12. The number of primary sulfonamides is 1. The second-order valence-corrected chi connectivity index (χ2v) is 7.53. The molecule has 21 heavy (non-hydrogen) atoms. The number of sulfonamides is 1. The Kier molecular flexibility index (Phi) is 4.90. The average Bonchev–Trinajstić information content (AvgIpc) is 2.37. The van der Waals surface area contributed by atoms with Gasteiger partial charge in [-0.15, -0.1) is 0 Å². The lowest BCUT2D eigenvalue weighted by Crippen LogP contribution is -2.40. The van der Waals surface area contributed by atoms with Crippen molar-refractivity contribution in [3.8, 4) is 0 Å². The molecule has 1 aliphatic rings. The summed E-state index contributed by atoms with van der Waals surface area (Å²) in [7, 11) is -3.65. The second-order valence-electron chi connectivity index (χ2n) is 5.68. The summed E-state index contributed by atoms with van der Waals surface area (Å²) in [4.78, 5) is 7.91. The zero-order valence-electron chi connectivity index (χ0n) is 12.1. The molecule has 0 aliphatic heterocycles. The molecule has 0 amide bonds. The maximum absolute atomic E-state index is 12.9. The highest BCUT2D eigenvalue weighted by molar-refractivity contribution is 7.89. The molecule has 1 aromatic heterocycles. The summed E-state index contributed by atoms with van der Waals surface area (Å²) in [6, 6.07) is 0. The molecular weight excluding hydrogens is 297 g/mol. The molecule has 2 N–H and O–H groups in total. The molecule has 0 radical (unpaired) electrons. The molecule has 6 nitrogen and oxygen atoms in total. The summed E-state index contributed by atoms with van der Waals surface area (Å²) in [5.41, 5.74) is 0. The van der Waals surface area contributed by atoms with E-state index in [1.54, 1.807) is 0 Å². The molecule has 1 saturated carbocycles. The predicted molar refractivity (Wildman–Crippen MR) is 75.5 cm³/mol. The number of ether oxygens (including phenoxy) is 1. The van der Waals surface area contributed by atoms with E-state index >= 15 is 0 Å². The normalized spacial score (nSPS) is 27.0. The van der Waals surface area contributed by atoms with E-state index in [1.807, 2.05) is 13.8 Å².